The lowest BCUT2D eigenvalue weighted by Gasteiger charge is -2.38. The van der Waals surface area contributed by atoms with Crippen molar-refractivity contribution >= 4 is 11.5 Å². The number of hydrogen-bond donors (Lipinski definition) is 1. The Morgan fingerprint density at radius 3 is 2.36 bits per heavy atom. The van der Waals surface area contributed by atoms with Gasteiger partial charge in [-0.3, -0.25) is 4.79 Å². The Kier molecular flexibility index (Phi) is 5.78. The summed E-state index contributed by atoms with van der Waals surface area (Å²) in [6.07, 6.45) is 7.18. The van der Waals surface area contributed by atoms with E-state index in [0.29, 0.717) is 0 Å². The third kappa shape index (κ3) is 3.98. The average molecular weight is 301 g/mol. The van der Waals surface area contributed by atoms with Gasteiger partial charge in [0.05, 0.1) is 5.70 Å². The van der Waals surface area contributed by atoms with Crippen LogP contribution in [0.1, 0.15) is 46.0 Å². The summed E-state index contributed by atoms with van der Waals surface area (Å²) in [6.45, 7) is 3.86. The van der Waals surface area contributed by atoms with Crippen molar-refractivity contribution in [1.29, 1.82) is 0 Å². The van der Waals surface area contributed by atoms with Crippen LogP contribution in [0.3, 0.4) is 0 Å². The Labute approximate surface area is 133 Å². The monoisotopic (exact) mass is 301 g/mol. The second kappa shape index (κ2) is 7.59. The molecule has 0 aliphatic heterocycles. The van der Waals surface area contributed by atoms with E-state index < -0.39 is 0 Å². The largest absolute Gasteiger partial charge is 0.372 e. The molecule has 0 atom stereocenters. The molecule has 1 fully saturated rings. The van der Waals surface area contributed by atoms with Gasteiger partial charge in [0.1, 0.15) is 5.60 Å². The van der Waals surface area contributed by atoms with Gasteiger partial charge in [-0.15, -0.1) is 0 Å². The first-order chi connectivity index (χ1) is 10.6. The lowest BCUT2D eigenvalue weighted by atomic mass is 9.81. The number of anilines is 1. The van der Waals surface area contributed by atoms with Crippen molar-refractivity contribution in [3.63, 3.8) is 0 Å². The maximum atomic E-state index is 12.3. The summed E-state index contributed by atoms with van der Waals surface area (Å²) >= 11 is 0. The summed E-state index contributed by atoms with van der Waals surface area (Å²) in [5.74, 6) is 0.130. The first kappa shape index (κ1) is 16.8. The molecular weight excluding hydrogens is 274 g/mol. The average Bonchev–Trinajstić information content (AvgIpc) is 2.55. The van der Waals surface area contributed by atoms with E-state index in [1.165, 1.54) is 6.42 Å². The van der Waals surface area contributed by atoms with Crippen molar-refractivity contribution in [2.75, 3.05) is 12.4 Å². The summed E-state index contributed by atoms with van der Waals surface area (Å²) < 4.78 is 5.91. The zero-order valence-corrected chi connectivity index (χ0v) is 13.9. The molecule has 0 radical (unpaired) electrons. The van der Waals surface area contributed by atoms with Crippen molar-refractivity contribution in [3.05, 3.63) is 42.1 Å². The number of hydrogen-bond acceptors (Lipinski definition) is 3. The molecule has 120 valence electrons. The van der Waals surface area contributed by atoms with Crippen LogP contribution in [0.2, 0.25) is 0 Å². The third-order valence-corrected chi connectivity index (χ3v) is 4.45. The van der Waals surface area contributed by atoms with Crippen molar-refractivity contribution in [3.8, 4) is 0 Å². The summed E-state index contributed by atoms with van der Waals surface area (Å²) in [6, 6.07) is 10.00. The molecule has 0 heterocycles. The van der Waals surface area contributed by atoms with Gasteiger partial charge in [0.25, 0.3) is 0 Å². The molecular formula is C19H27NO2. The van der Waals surface area contributed by atoms with Gasteiger partial charge in [-0.05, 0) is 25.0 Å². The van der Waals surface area contributed by atoms with Crippen LogP contribution < -0.4 is 5.32 Å². The number of allylic oxidation sites excluding steroid dienone is 1. The number of ether oxygens (including phenoxy) is 1. The zero-order chi connectivity index (χ0) is 16.0. The molecule has 22 heavy (non-hydrogen) atoms. The van der Waals surface area contributed by atoms with Crippen molar-refractivity contribution in [1.82, 2.24) is 0 Å². The number of ketones is 1. The lowest BCUT2D eigenvalue weighted by Crippen LogP contribution is -2.39. The van der Waals surface area contributed by atoms with E-state index in [1.54, 1.807) is 13.2 Å². The maximum Gasteiger partial charge on any atom is 0.160 e. The summed E-state index contributed by atoms with van der Waals surface area (Å²) in [5, 5.41) is 3.44. The van der Waals surface area contributed by atoms with Gasteiger partial charge in [-0.25, -0.2) is 0 Å². The topological polar surface area (TPSA) is 38.3 Å². The number of methoxy groups -OCH3 is 1. The molecule has 1 aromatic carbocycles. The molecule has 3 heteroatoms. The van der Waals surface area contributed by atoms with E-state index in [1.807, 2.05) is 44.2 Å². The first-order valence-electron chi connectivity index (χ1n) is 8.21. The van der Waals surface area contributed by atoms with Crippen molar-refractivity contribution in [2.24, 2.45) is 5.92 Å². The Balaban J connectivity index is 2.33. The van der Waals surface area contributed by atoms with Crippen LogP contribution in [-0.4, -0.2) is 18.5 Å². The second-order valence-electron chi connectivity index (χ2n) is 6.37. The number of benzene rings is 1. The molecule has 3 nitrogen and oxygen atoms in total. The van der Waals surface area contributed by atoms with E-state index in [9.17, 15) is 4.79 Å². The quantitative estimate of drug-likeness (QED) is 0.783. The first-order valence-corrected chi connectivity index (χ1v) is 8.21. The molecule has 0 amide bonds. The summed E-state index contributed by atoms with van der Waals surface area (Å²) in [5.41, 5.74) is 1.53. The van der Waals surface area contributed by atoms with Gasteiger partial charge in [-0.1, -0.05) is 51.3 Å². The van der Waals surface area contributed by atoms with Gasteiger partial charge in [0.2, 0.25) is 0 Å². The minimum absolute atomic E-state index is 0.00919. The number of para-hydroxylation sites is 1. The summed E-state index contributed by atoms with van der Waals surface area (Å²) in [4.78, 5) is 12.3. The fourth-order valence-electron chi connectivity index (χ4n) is 2.97. The predicted octanol–water partition coefficient (Wildman–Crippen LogP) is 4.56. The smallest absolute Gasteiger partial charge is 0.160 e. The number of carbonyl (C=O) groups excluding carboxylic acids is 1. The summed E-state index contributed by atoms with van der Waals surface area (Å²) in [7, 11) is 1.76. The molecule has 0 bridgehead atoms. The fraction of sp³-hybridized carbons (Fsp3) is 0.526. The highest BCUT2D eigenvalue weighted by Gasteiger charge is 2.36. The minimum Gasteiger partial charge on any atom is -0.372 e. The van der Waals surface area contributed by atoms with Crippen LogP contribution in [0.15, 0.2) is 42.1 Å². The highest BCUT2D eigenvalue weighted by atomic mass is 16.5. The minimum atomic E-state index is -0.362. The molecule has 1 aliphatic carbocycles. The Bertz CT molecular complexity index is 513. The van der Waals surface area contributed by atoms with E-state index in [2.05, 4.69) is 5.32 Å². The zero-order valence-electron chi connectivity index (χ0n) is 13.9. The standard InChI is InChI=1S/C19H27NO2/c1-15(2)17(21)14-18(20-16-10-6-4-7-11-16)19(22-3)12-8-5-9-13-19/h4,6-7,10-11,14-15,20H,5,8-9,12-13H2,1-3H3. The molecule has 1 aliphatic rings. The van der Waals surface area contributed by atoms with Crippen molar-refractivity contribution < 1.29 is 9.53 Å². The molecule has 0 spiro atoms. The molecule has 2 rings (SSSR count). The van der Waals surface area contributed by atoms with Crippen LogP contribution >= 0.6 is 0 Å². The lowest BCUT2D eigenvalue weighted by molar-refractivity contribution is -0.117. The third-order valence-electron chi connectivity index (χ3n) is 4.45. The van der Waals surface area contributed by atoms with Crippen LogP contribution in [0.25, 0.3) is 0 Å². The van der Waals surface area contributed by atoms with E-state index >= 15 is 0 Å². The van der Waals surface area contributed by atoms with Crippen LogP contribution in [-0.2, 0) is 9.53 Å². The highest BCUT2D eigenvalue weighted by molar-refractivity contribution is 5.92. The Morgan fingerprint density at radius 2 is 1.82 bits per heavy atom. The number of rotatable bonds is 6. The Morgan fingerprint density at radius 1 is 1.18 bits per heavy atom. The van der Waals surface area contributed by atoms with Crippen molar-refractivity contribution in [2.45, 2.75) is 51.6 Å². The fourth-order valence-corrected chi connectivity index (χ4v) is 2.97. The van der Waals surface area contributed by atoms with Crippen LogP contribution in [0.4, 0.5) is 5.69 Å². The second-order valence-corrected chi connectivity index (χ2v) is 6.37. The number of nitrogens with one attached hydrogen (secondary N) is 1. The van der Waals surface area contributed by atoms with E-state index in [4.69, 9.17) is 4.74 Å². The van der Waals surface area contributed by atoms with E-state index in [-0.39, 0.29) is 17.3 Å². The van der Waals surface area contributed by atoms with Gasteiger partial charge >= 0.3 is 0 Å². The van der Waals surface area contributed by atoms with Crippen LogP contribution in [0.5, 0.6) is 0 Å². The van der Waals surface area contributed by atoms with Gasteiger partial charge in [0, 0.05) is 24.8 Å². The predicted molar refractivity (Wildman–Crippen MR) is 90.8 cm³/mol. The molecule has 0 unspecified atom stereocenters. The molecule has 1 N–H and O–H groups in total. The van der Waals surface area contributed by atoms with E-state index in [0.717, 1.165) is 37.1 Å². The molecule has 0 aromatic heterocycles. The highest BCUT2D eigenvalue weighted by Crippen LogP contribution is 2.37. The van der Waals surface area contributed by atoms with Gasteiger partial charge in [0.15, 0.2) is 5.78 Å². The normalized spacial score (nSPS) is 18.3. The van der Waals surface area contributed by atoms with Gasteiger partial charge in [-0.2, -0.15) is 0 Å². The maximum absolute atomic E-state index is 12.3. The Hall–Kier alpha value is -1.61. The number of carbonyl (C=O) groups is 1. The molecule has 0 saturated heterocycles. The molecule has 1 aromatic rings. The van der Waals surface area contributed by atoms with Crippen LogP contribution in [0, 0.1) is 5.92 Å². The SMILES string of the molecule is COC1(C(=CC(=O)C(C)C)Nc2ccccc2)CCCCC1. The molecule has 1 saturated carbocycles. The van der Waals surface area contributed by atoms with Gasteiger partial charge < -0.3 is 10.1 Å².